The van der Waals surface area contributed by atoms with E-state index < -0.39 is 0 Å². The molecule has 1 amide bonds. The smallest absolute Gasteiger partial charge is 0.244 e. The van der Waals surface area contributed by atoms with Gasteiger partial charge in [0.1, 0.15) is 12.4 Å². The minimum Gasteiger partial charge on any atom is -0.487 e. The lowest BCUT2D eigenvalue weighted by atomic mass is 10.1. The number of rotatable bonds is 5. The fourth-order valence-corrected chi connectivity index (χ4v) is 1.53. The third-order valence-electron chi connectivity index (χ3n) is 2.32. The Bertz CT molecular complexity index is 514. The third kappa shape index (κ3) is 5.61. The molecule has 1 aromatic carbocycles. The Hall–Kier alpha value is -2.23. The van der Waals surface area contributed by atoms with Crippen molar-refractivity contribution in [3.05, 3.63) is 42.5 Å². The first-order valence-electron chi connectivity index (χ1n) is 6.45. The van der Waals surface area contributed by atoms with Gasteiger partial charge in [-0.3, -0.25) is 4.79 Å². The van der Waals surface area contributed by atoms with Crippen LogP contribution in [-0.2, 0) is 4.79 Å². The molecular formula is C16H22N2O2. The highest BCUT2D eigenvalue weighted by atomic mass is 16.5. The minimum absolute atomic E-state index is 0.136. The number of carbonyl (C=O) groups excluding carboxylic acids is 1. The average Bonchev–Trinajstić information content (AvgIpc) is 2.33. The highest BCUT2D eigenvalue weighted by molar-refractivity contribution is 5.92. The lowest BCUT2D eigenvalue weighted by Crippen LogP contribution is -2.39. The number of amides is 1. The van der Waals surface area contributed by atoms with E-state index in [0.717, 1.165) is 5.56 Å². The van der Waals surface area contributed by atoms with Gasteiger partial charge in [0.25, 0.3) is 0 Å². The molecule has 0 saturated carbocycles. The summed E-state index contributed by atoms with van der Waals surface area (Å²) in [7, 11) is 0. The van der Waals surface area contributed by atoms with Crippen molar-refractivity contribution < 1.29 is 9.53 Å². The summed E-state index contributed by atoms with van der Waals surface area (Å²) in [6, 6.07) is 5.38. The average molecular weight is 274 g/mol. The molecule has 0 atom stereocenters. The maximum absolute atomic E-state index is 11.7. The zero-order valence-electron chi connectivity index (χ0n) is 12.3. The summed E-state index contributed by atoms with van der Waals surface area (Å²) >= 11 is 0. The van der Waals surface area contributed by atoms with Crippen LogP contribution in [0.1, 0.15) is 26.3 Å². The number of ether oxygens (including phenoxy) is 1. The number of carbonyl (C=O) groups is 1. The molecule has 20 heavy (non-hydrogen) atoms. The zero-order valence-corrected chi connectivity index (χ0v) is 12.3. The van der Waals surface area contributed by atoms with Crippen molar-refractivity contribution in [3.63, 3.8) is 0 Å². The molecule has 0 spiro atoms. The minimum atomic E-state index is -0.247. The monoisotopic (exact) mass is 274 g/mol. The lowest BCUT2D eigenvalue weighted by Gasteiger charge is -2.18. The van der Waals surface area contributed by atoms with E-state index in [1.165, 1.54) is 6.08 Å². The molecule has 0 bridgehead atoms. The van der Waals surface area contributed by atoms with Gasteiger partial charge >= 0.3 is 0 Å². The van der Waals surface area contributed by atoms with Gasteiger partial charge in [-0.1, -0.05) is 18.7 Å². The second kappa shape index (κ2) is 6.80. The van der Waals surface area contributed by atoms with Gasteiger partial charge in [-0.15, -0.1) is 0 Å². The quantitative estimate of drug-likeness (QED) is 0.493. The predicted molar refractivity (Wildman–Crippen MR) is 83.5 cm³/mol. The van der Waals surface area contributed by atoms with Gasteiger partial charge in [-0.05, 0) is 44.5 Å². The summed E-state index contributed by atoms with van der Waals surface area (Å²) in [4.78, 5) is 11.7. The first-order valence-corrected chi connectivity index (χ1v) is 6.45. The number of nitrogens with one attached hydrogen (secondary N) is 1. The van der Waals surface area contributed by atoms with E-state index in [9.17, 15) is 4.79 Å². The van der Waals surface area contributed by atoms with Gasteiger partial charge in [0, 0.05) is 11.6 Å². The van der Waals surface area contributed by atoms with Crippen LogP contribution in [0.25, 0.3) is 6.08 Å². The first-order chi connectivity index (χ1) is 9.31. The van der Waals surface area contributed by atoms with E-state index >= 15 is 0 Å². The number of hydrogen-bond donors (Lipinski definition) is 2. The van der Waals surface area contributed by atoms with E-state index in [-0.39, 0.29) is 11.4 Å². The molecule has 1 rings (SSSR count). The number of hydrogen-bond acceptors (Lipinski definition) is 3. The molecule has 0 aromatic heterocycles. The van der Waals surface area contributed by atoms with Gasteiger partial charge in [-0.2, -0.15) is 0 Å². The topological polar surface area (TPSA) is 64.3 Å². The van der Waals surface area contributed by atoms with Crippen LogP contribution in [0.4, 0.5) is 5.69 Å². The van der Waals surface area contributed by atoms with Crippen molar-refractivity contribution in [2.45, 2.75) is 26.3 Å². The van der Waals surface area contributed by atoms with Gasteiger partial charge < -0.3 is 15.8 Å². The first kappa shape index (κ1) is 15.8. The molecule has 0 aliphatic heterocycles. The van der Waals surface area contributed by atoms with Crippen molar-refractivity contribution in [3.8, 4) is 5.75 Å². The second-order valence-electron chi connectivity index (χ2n) is 5.47. The van der Waals surface area contributed by atoms with Crippen LogP contribution in [0.2, 0.25) is 0 Å². The van der Waals surface area contributed by atoms with Crippen LogP contribution in [0.3, 0.4) is 0 Å². The Morgan fingerprint density at radius 2 is 2.15 bits per heavy atom. The van der Waals surface area contributed by atoms with Crippen LogP contribution < -0.4 is 15.8 Å². The highest BCUT2D eigenvalue weighted by Crippen LogP contribution is 2.23. The van der Waals surface area contributed by atoms with Gasteiger partial charge in [-0.25, -0.2) is 0 Å². The Labute approximate surface area is 120 Å². The number of benzene rings is 1. The van der Waals surface area contributed by atoms with Crippen LogP contribution in [-0.4, -0.2) is 18.1 Å². The summed E-state index contributed by atoms with van der Waals surface area (Å²) in [6.07, 6.45) is 4.86. The Balaban J connectivity index is 2.71. The SMILES string of the molecule is C=CCOc1ccc(/C=C\C(=O)NC(C)(C)C)cc1N. The summed E-state index contributed by atoms with van der Waals surface area (Å²) in [5.74, 6) is 0.476. The highest BCUT2D eigenvalue weighted by Gasteiger charge is 2.11. The molecule has 4 nitrogen and oxygen atoms in total. The largest absolute Gasteiger partial charge is 0.487 e. The zero-order chi connectivity index (χ0) is 15.2. The standard InChI is InChI=1S/C16H22N2O2/c1-5-10-20-14-8-6-12(11-13(14)17)7-9-15(19)18-16(2,3)4/h5-9,11H,1,10,17H2,2-4H3,(H,18,19)/b9-7-. The lowest BCUT2D eigenvalue weighted by molar-refractivity contribution is -0.117. The van der Waals surface area contributed by atoms with Crippen LogP contribution in [0, 0.1) is 0 Å². The fraction of sp³-hybridized carbons (Fsp3) is 0.312. The molecule has 0 saturated heterocycles. The van der Waals surface area contributed by atoms with E-state index in [1.54, 1.807) is 24.3 Å². The van der Waals surface area contributed by atoms with Crippen molar-refractivity contribution in [1.29, 1.82) is 0 Å². The summed E-state index contributed by atoms with van der Waals surface area (Å²) in [5, 5.41) is 2.85. The maximum atomic E-state index is 11.7. The molecule has 0 radical (unpaired) electrons. The number of anilines is 1. The molecule has 1 aromatic rings. The van der Waals surface area contributed by atoms with Crippen molar-refractivity contribution in [2.75, 3.05) is 12.3 Å². The van der Waals surface area contributed by atoms with Crippen LogP contribution in [0.5, 0.6) is 5.75 Å². The van der Waals surface area contributed by atoms with E-state index in [4.69, 9.17) is 10.5 Å². The second-order valence-corrected chi connectivity index (χ2v) is 5.47. The normalized spacial score (nSPS) is 11.3. The molecule has 0 heterocycles. The van der Waals surface area contributed by atoms with Crippen molar-refractivity contribution >= 4 is 17.7 Å². The molecular weight excluding hydrogens is 252 g/mol. The Kier molecular flexibility index (Phi) is 5.38. The van der Waals surface area contributed by atoms with Crippen molar-refractivity contribution in [1.82, 2.24) is 5.32 Å². The number of nitrogens with two attached hydrogens (primary N) is 1. The van der Waals surface area contributed by atoms with Crippen molar-refractivity contribution in [2.24, 2.45) is 0 Å². The van der Waals surface area contributed by atoms with Crippen LogP contribution >= 0.6 is 0 Å². The predicted octanol–water partition coefficient (Wildman–Crippen LogP) is 2.76. The Morgan fingerprint density at radius 3 is 2.70 bits per heavy atom. The number of nitrogen functional groups attached to an aromatic ring is 1. The van der Waals surface area contributed by atoms with Gasteiger partial charge in [0.2, 0.25) is 5.91 Å². The third-order valence-corrected chi connectivity index (χ3v) is 2.32. The molecule has 3 N–H and O–H groups in total. The Morgan fingerprint density at radius 1 is 1.45 bits per heavy atom. The van der Waals surface area contributed by atoms with Crippen LogP contribution in [0.15, 0.2) is 36.9 Å². The van der Waals surface area contributed by atoms with E-state index in [1.807, 2.05) is 26.8 Å². The van der Waals surface area contributed by atoms with Gasteiger partial charge in [0.15, 0.2) is 0 Å². The van der Waals surface area contributed by atoms with Gasteiger partial charge in [0.05, 0.1) is 5.69 Å². The maximum Gasteiger partial charge on any atom is 0.244 e. The summed E-state index contributed by atoms with van der Waals surface area (Å²) in [6.45, 7) is 9.79. The molecule has 0 aliphatic carbocycles. The summed E-state index contributed by atoms with van der Waals surface area (Å²) < 4.78 is 5.39. The molecule has 108 valence electrons. The summed E-state index contributed by atoms with van der Waals surface area (Å²) in [5.41, 5.74) is 7.01. The van der Waals surface area contributed by atoms with E-state index in [2.05, 4.69) is 11.9 Å². The molecule has 0 aliphatic rings. The molecule has 0 fully saturated rings. The fourth-order valence-electron chi connectivity index (χ4n) is 1.53. The molecule has 0 unspecified atom stereocenters. The van der Waals surface area contributed by atoms with E-state index in [0.29, 0.717) is 18.0 Å². The molecule has 4 heteroatoms.